The van der Waals surface area contributed by atoms with Gasteiger partial charge < -0.3 is 0 Å². The monoisotopic (exact) mass is 342 g/mol. The quantitative estimate of drug-likeness (QED) is 0.838. The lowest BCUT2D eigenvalue weighted by molar-refractivity contribution is 0.604. The molecule has 1 heterocycles. The third kappa shape index (κ3) is 4.08. The summed E-state index contributed by atoms with van der Waals surface area (Å²) in [5.41, 5.74) is 1.70. The van der Waals surface area contributed by atoms with Gasteiger partial charge in [0.05, 0.1) is 5.75 Å². The van der Waals surface area contributed by atoms with Crippen LogP contribution >= 0.6 is 27.3 Å². The number of thiophene rings is 1. The van der Waals surface area contributed by atoms with E-state index in [2.05, 4.69) is 15.9 Å². The Balaban J connectivity index is 2.10. The molecule has 5 heteroatoms. The molecule has 0 aliphatic heterocycles. The largest absolute Gasteiger partial charge is 0.224 e. The molecule has 2 nitrogen and oxygen atoms in total. The molecular formula is C13H11BrO2S2. The Morgan fingerprint density at radius 2 is 1.89 bits per heavy atom. The highest BCUT2D eigenvalue weighted by atomic mass is 79.9. The van der Waals surface area contributed by atoms with Crippen LogP contribution in [0.3, 0.4) is 0 Å². The van der Waals surface area contributed by atoms with E-state index in [1.807, 2.05) is 29.0 Å². The molecule has 0 fully saturated rings. The third-order valence-corrected chi connectivity index (χ3v) is 4.81. The summed E-state index contributed by atoms with van der Waals surface area (Å²) in [6, 6.07) is 9.18. The van der Waals surface area contributed by atoms with E-state index in [9.17, 15) is 8.42 Å². The second-order valence-electron chi connectivity index (χ2n) is 3.79. The molecule has 0 bridgehead atoms. The first kappa shape index (κ1) is 13.5. The average Bonchev–Trinajstić information content (AvgIpc) is 2.83. The number of benzene rings is 1. The first-order valence-electron chi connectivity index (χ1n) is 5.23. The van der Waals surface area contributed by atoms with Crippen LogP contribution in [0.25, 0.3) is 6.08 Å². The van der Waals surface area contributed by atoms with Gasteiger partial charge in [-0.05, 0) is 46.2 Å². The summed E-state index contributed by atoms with van der Waals surface area (Å²) >= 11 is 4.86. The van der Waals surface area contributed by atoms with Crippen molar-refractivity contribution in [2.24, 2.45) is 0 Å². The molecular weight excluding hydrogens is 332 g/mol. The molecule has 0 spiro atoms. The highest BCUT2D eigenvalue weighted by Gasteiger charge is 2.07. The van der Waals surface area contributed by atoms with Gasteiger partial charge in [-0.15, -0.1) is 0 Å². The molecule has 0 N–H and O–H groups in total. The van der Waals surface area contributed by atoms with Gasteiger partial charge in [-0.25, -0.2) is 8.42 Å². The summed E-state index contributed by atoms with van der Waals surface area (Å²) < 4.78 is 24.7. The van der Waals surface area contributed by atoms with Crippen molar-refractivity contribution < 1.29 is 8.42 Å². The van der Waals surface area contributed by atoms with Crippen molar-refractivity contribution in [2.75, 3.05) is 0 Å². The Bertz CT molecular complexity index is 626. The lowest BCUT2D eigenvalue weighted by Crippen LogP contribution is -1.99. The lowest BCUT2D eigenvalue weighted by Gasteiger charge is -2.00. The Kier molecular flexibility index (Phi) is 4.37. The van der Waals surface area contributed by atoms with Crippen molar-refractivity contribution in [2.45, 2.75) is 5.75 Å². The highest BCUT2D eigenvalue weighted by Crippen LogP contribution is 2.15. The Hall–Kier alpha value is -0.910. The summed E-state index contributed by atoms with van der Waals surface area (Å²) in [5, 5.41) is 5.10. The first-order chi connectivity index (χ1) is 8.55. The maximum atomic E-state index is 11.9. The molecule has 1 aromatic heterocycles. The van der Waals surface area contributed by atoms with Gasteiger partial charge in [-0.3, -0.25) is 0 Å². The maximum Gasteiger partial charge on any atom is 0.175 e. The summed E-state index contributed by atoms with van der Waals surface area (Å²) in [5.74, 6) is 0.0287. The Morgan fingerprint density at radius 1 is 1.17 bits per heavy atom. The molecule has 1 aromatic carbocycles. The molecule has 0 saturated carbocycles. The maximum absolute atomic E-state index is 11.9. The molecule has 0 saturated heterocycles. The van der Waals surface area contributed by atoms with Gasteiger partial charge in [0.25, 0.3) is 0 Å². The fraction of sp³-hybridized carbons (Fsp3) is 0.0769. The van der Waals surface area contributed by atoms with Gasteiger partial charge in [0.15, 0.2) is 9.84 Å². The molecule has 0 atom stereocenters. The van der Waals surface area contributed by atoms with E-state index >= 15 is 0 Å². The van der Waals surface area contributed by atoms with Crippen molar-refractivity contribution in [1.82, 2.24) is 0 Å². The van der Waals surface area contributed by atoms with Crippen LogP contribution in [0.4, 0.5) is 0 Å². The van der Waals surface area contributed by atoms with Crippen molar-refractivity contribution >= 4 is 43.2 Å². The second kappa shape index (κ2) is 5.82. The van der Waals surface area contributed by atoms with E-state index in [0.717, 1.165) is 15.6 Å². The van der Waals surface area contributed by atoms with Gasteiger partial charge in [0, 0.05) is 9.88 Å². The zero-order chi connectivity index (χ0) is 13.0. The van der Waals surface area contributed by atoms with Gasteiger partial charge >= 0.3 is 0 Å². The van der Waals surface area contributed by atoms with E-state index < -0.39 is 9.84 Å². The van der Waals surface area contributed by atoms with Gasteiger partial charge in [0.1, 0.15) is 0 Å². The van der Waals surface area contributed by atoms with Crippen LogP contribution in [0, 0.1) is 0 Å². The zero-order valence-corrected chi connectivity index (χ0v) is 12.6. The predicted octanol–water partition coefficient (Wildman–Crippen LogP) is 4.10. The minimum atomic E-state index is -3.21. The standard InChI is InChI=1S/C13H11BrO2S2/c14-13-3-1-12(2-4-13)10-18(15,16)8-6-11-5-7-17-9-11/h1-9H,10H2/b8-6+. The van der Waals surface area contributed by atoms with E-state index in [4.69, 9.17) is 0 Å². The zero-order valence-electron chi connectivity index (χ0n) is 9.41. The summed E-state index contributed by atoms with van der Waals surface area (Å²) in [6.07, 6.45) is 1.63. The number of hydrogen-bond donors (Lipinski definition) is 0. The van der Waals surface area contributed by atoms with Crippen LogP contribution in [0.1, 0.15) is 11.1 Å². The number of halogens is 1. The van der Waals surface area contributed by atoms with Gasteiger partial charge in [-0.1, -0.05) is 28.1 Å². The van der Waals surface area contributed by atoms with E-state index in [1.54, 1.807) is 29.5 Å². The Morgan fingerprint density at radius 3 is 2.50 bits per heavy atom. The third-order valence-electron chi connectivity index (χ3n) is 2.29. The van der Waals surface area contributed by atoms with Gasteiger partial charge in [0.2, 0.25) is 0 Å². The van der Waals surface area contributed by atoms with Crippen molar-refractivity contribution in [3.05, 3.63) is 62.1 Å². The minimum Gasteiger partial charge on any atom is -0.224 e. The van der Waals surface area contributed by atoms with Crippen LogP contribution in [0.5, 0.6) is 0 Å². The smallest absolute Gasteiger partial charge is 0.175 e. The van der Waals surface area contributed by atoms with Crippen LogP contribution in [-0.2, 0) is 15.6 Å². The fourth-order valence-corrected chi connectivity index (χ4v) is 3.42. The van der Waals surface area contributed by atoms with Crippen molar-refractivity contribution in [1.29, 1.82) is 0 Å². The molecule has 0 amide bonds. The molecule has 94 valence electrons. The molecule has 2 aromatic rings. The van der Waals surface area contributed by atoms with Gasteiger partial charge in [-0.2, -0.15) is 11.3 Å². The predicted molar refractivity (Wildman–Crippen MR) is 80.1 cm³/mol. The SMILES string of the molecule is O=S(=O)(/C=C/c1ccsc1)Cc1ccc(Br)cc1. The van der Waals surface area contributed by atoms with Crippen LogP contribution in [-0.4, -0.2) is 8.42 Å². The molecule has 0 unspecified atom stereocenters. The molecule has 2 rings (SSSR count). The summed E-state index contributed by atoms with van der Waals surface area (Å²) in [6.45, 7) is 0. The van der Waals surface area contributed by atoms with E-state index in [0.29, 0.717) is 0 Å². The van der Waals surface area contributed by atoms with E-state index in [-0.39, 0.29) is 5.75 Å². The molecule has 18 heavy (non-hydrogen) atoms. The summed E-state index contributed by atoms with van der Waals surface area (Å²) in [4.78, 5) is 0. The normalized spacial score (nSPS) is 12.1. The lowest BCUT2D eigenvalue weighted by atomic mass is 10.2. The van der Waals surface area contributed by atoms with Crippen LogP contribution < -0.4 is 0 Å². The minimum absolute atomic E-state index is 0.0287. The topological polar surface area (TPSA) is 34.1 Å². The highest BCUT2D eigenvalue weighted by molar-refractivity contribution is 9.10. The van der Waals surface area contributed by atoms with Crippen molar-refractivity contribution in [3.8, 4) is 0 Å². The number of hydrogen-bond acceptors (Lipinski definition) is 3. The van der Waals surface area contributed by atoms with Crippen LogP contribution in [0.2, 0.25) is 0 Å². The van der Waals surface area contributed by atoms with Crippen molar-refractivity contribution in [3.63, 3.8) is 0 Å². The molecule has 0 aliphatic rings. The van der Waals surface area contributed by atoms with Crippen LogP contribution in [0.15, 0.2) is 51.0 Å². The second-order valence-corrected chi connectivity index (χ2v) is 7.38. The number of sulfone groups is 1. The first-order valence-corrected chi connectivity index (χ1v) is 8.68. The average molecular weight is 343 g/mol. The number of rotatable bonds is 4. The Labute approximate surface area is 119 Å². The molecule has 0 radical (unpaired) electrons. The summed E-state index contributed by atoms with van der Waals surface area (Å²) in [7, 11) is -3.21. The molecule has 0 aliphatic carbocycles. The van der Waals surface area contributed by atoms with E-state index in [1.165, 1.54) is 5.41 Å². The fourth-order valence-electron chi connectivity index (χ4n) is 1.41.